The first kappa shape index (κ1) is 24.1. The lowest BCUT2D eigenvalue weighted by atomic mass is 10.1. The first-order valence-corrected chi connectivity index (χ1v) is 11.3. The second-order valence-corrected chi connectivity index (χ2v) is 8.51. The van der Waals surface area contributed by atoms with Crippen molar-refractivity contribution in [3.8, 4) is 0 Å². The van der Waals surface area contributed by atoms with Crippen LogP contribution in [0.4, 0.5) is 0 Å². The minimum Gasteiger partial charge on any atom is -0.466 e. The van der Waals surface area contributed by atoms with E-state index >= 15 is 0 Å². The van der Waals surface area contributed by atoms with Gasteiger partial charge in [0.15, 0.2) is 0 Å². The van der Waals surface area contributed by atoms with E-state index in [1.165, 1.54) is 18.9 Å². The van der Waals surface area contributed by atoms with Crippen molar-refractivity contribution >= 4 is 52.2 Å². The van der Waals surface area contributed by atoms with Crippen molar-refractivity contribution in [2.75, 3.05) is 20.3 Å². The molecule has 30 heavy (non-hydrogen) atoms. The zero-order valence-corrected chi connectivity index (χ0v) is 19.0. The number of nitrogens with zero attached hydrogens (tertiary/aromatic N) is 1. The van der Waals surface area contributed by atoms with Crippen molar-refractivity contribution in [2.45, 2.75) is 45.4 Å². The number of hydrogen-bond donors (Lipinski definition) is 0. The van der Waals surface area contributed by atoms with E-state index < -0.39 is 5.97 Å². The number of rotatable bonds is 11. The summed E-state index contributed by atoms with van der Waals surface area (Å²) in [6, 6.07) is 6.84. The summed E-state index contributed by atoms with van der Waals surface area (Å²) in [4.78, 5) is 37.9. The van der Waals surface area contributed by atoms with Crippen LogP contribution in [0, 0.1) is 0 Å². The van der Waals surface area contributed by atoms with Gasteiger partial charge in [-0.2, -0.15) is 0 Å². The Morgan fingerprint density at radius 3 is 2.53 bits per heavy atom. The van der Waals surface area contributed by atoms with Crippen molar-refractivity contribution in [2.24, 2.45) is 0 Å². The summed E-state index contributed by atoms with van der Waals surface area (Å²) in [5.74, 6) is -0.668. The molecule has 0 N–H and O–H groups in total. The summed E-state index contributed by atoms with van der Waals surface area (Å²) in [6.07, 6.45) is 6.41. The highest BCUT2D eigenvalue weighted by Crippen LogP contribution is 2.32. The Labute approximate surface area is 187 Å². The van der Waals surface area contributed by atoms with Gasteiger partial charge < -0.3 is 9.47 Å². The van der Waals surface area contributed by atoms with Gasteiger partial charge in [0.25, 0.3) is 5.91 Å². The van der Waals surface area contributed by atoms with Gasteiger partial charge in [-0.25, -0.2) is 4.79 Å². The Kier molecular flexibility index (Phi) is 10.0. The van der Waals surface area contributed by atoms with Crippen LogP contribution in [0.1, 0.15) is 61.4 Å². The Hall–Kier alpha value is -2.19. The average molecular weight is 450 g/mol. The number of carbonyl (C=O) groups is 3. The van der Waals surface area contributed by atoms with Crippen molar-refractivity contribution in [3.05, 3.63) is 40.3 Å². The maximum absolute atomic E-state index is 12.7. The number of thioether (sulfide) groups is 1. The monoisotopic (exact) mass is 449 g/mol. The molecule has 0 spiro atoms. The Morgan fingerprint density at radius 2 is 1.87 bits per heavy atom. The van der Waals surface area contributed by atoms with E-state index in [9.17, 15) is 14.4 Å². The molecule has 0 aromatic heterocycles. The number of unbranched alkanes of at least 4 members (excludes halogenated alkanes) is 3. The van der Waals surface area contributed by atoms with Gasteiger partial charge in [-0.3, -0.25) is 14.5 Å². The molecule has 162 valence electrons. The van der Waals surface area contributed by atoms with Crippen LogP contribution in [-0.2, 0) is 19.1 Å². The molecule has 0 aliphatic carbocycles. The van der Waals surface area contributed by atoms with E-state index in [2.05, 4.69) is 11.7 Å². The number of amides is 1. The van der Waals surface area contributed by atoms with Crippen LogP contribution in [0.5, 0.6) is 0 Å². The van der Waals surface area contributed by atoms with Crippen molar-refractivity contribution in [3.63, 3.8) is 0 Å². The number of esters is 2. The minimum atomic E-state index is -0.401. The fourth-order valence-corrected chi connectivity index (χ4v) is 4.10. The molecule has 1 fully saturated rings. The molecule has 0 bridgehead atoms. The summed E-state index contributed by atoms with van der Waals surface area (Å²) >= 11 is 6.63. The Morgan fingerprint density at radius 1 is 1.13 bits per heavy atom. The van der Waals surface area contributed by atoms with Crippen LogP contribution in [-0.4, -0.2) is 47.3 Å². The summed E-state index contributed by atoms with van der Waals surface area (Å²) in [7, 11) is 1.33. The SMILES string of the molecule is CCCCOC(=O)CCCCCN1C(=O)C(=Cc2ccc(C(=O)OC)cc2)SC1=S. The zero-order chi connectivity index (χ0) is 21.9. The maximum Gasteiger partial charge on any atom is 0.337 e. The topological polar surface area (TPSA) is 72.9 Å². The van der Waals surface area contributed by atoms with Crippen molar-refractivity contribution in [1.29, 1.82) is 0 Å². The summed E-state index contributed by atoms with van der Waals surface area (Å²) < 4.78 is 10.4. The standard InChI is InChI=1S/C22H27NO5S2/c1-3-4-14-28-19(24)8-6-5-7-13-23-20(25)18(30-22(23)29)15-16-9-11-17(12-10-16)21(26)27-2/h9-12,15H,3-8,13-14H2,1-2H3. The second-order valence-electron chi connectivity index (χ2n) is 6.83. The Bertz CT molecular complexity index is 804. The maximum atomic E-state index is 12.7. The number of ether oxygens (including phenoxy) is 2. The number of benzene rings is 1. The van der Waals surface area contributed by atoms with Gasteiger partial charge in [0, 0.05) is 13.0 Å². The molecule has 1 amide bonds. The third-order valence-electron chi connectivity index (χ3n) is 4.53. The van der Waals surface area contributed by atoms with Crippen molar-refractivity contribution in [1.82, 2.24) is 4.90 Å². The highest BCUT2D eigenvalue weighted by atomic mass is 32.2. The highest BCUT2D eigenvalue weighted by Gasteiger charge is 2.31. The molecule has 0 unspecified atom stereocenters. The smallest absolute Gasteiger partial charge is 0.337 e. The quantitative estimate of drug-likeness (QED) is 0.212. The van der Waals surface area contributed by atoms with Crippen molar-refractivity contribution < 1.29 is 23.9 Å². The lowest BCUT2D eigenvalue weighted by Gasteiger charge is -2.14. The van der Waals surface area contributed by atoms with Gasteiger partial charge >= 0.3 is 11.9 Å². The molecule has 1 aromatic rings. The minimum absolute atomic E-state index is 0.110. The van der Waals surface area contributed by atoms with Gasteiger partial charge in [0.05, 0.1) is 24.2 Å². The van der Waals surface area contributed by atoms with Crippen LogP contribution in [0.2, 0.25) is 0 Å². The molecule has 0 atom stereocenters. The lowest BCUT2D eigenvalue weighted by Crippen LogP contribution is -2.29. The number of carbonyl (C=O) groups excluding carboxylic acids is 3. The van der Waals surface area contributed by atoms with Crippen LogP contribution < -0.4 is 0 Å². The van der Waals surface area contributed by atoms with Gasteiger partial charge in [-0.05, 0) is 43.0 Å². The van der Waals surface area contributed by atoms with Gasteiger partial charge in [-0.1, -0.05) is 55.9 Å². The summed E-state index contributed by atoms with van der Waals surface area (Å²) in [6.45, 7) is 3.08. The van der Waals surface area contributed by atoms with Crippen LogP contribution in [0.15, 0.2) is 29.2 Å². The van der Waals surface area contributed by atoms with E-state index in [0.717, 1.165) is 37.7 Å². The number of thiocarbonyl (C=S) groups is 1. The molecule has 1 heterocycles. The van der Waals surface area contributed by atoms with E-state index in [-0.39, 0.29) is 11.9 Å². The van der Waals surface area contributed by atoms with Crippen LogP contribution in [0.3, 0.4) is 0 Å². The second kappa shape index (κ2) is 12.5. The fraction of sp³-hybridized carbons (Fsp3) is 0.455. The first-order valence-electron chi connectivity index (χ1n) is 10.1. The fourth-order valence-electron chi connectivity index (χ4n) is 2.80. The molecule has 6 nitrogen and oxygen atoms in total. The molecule has 2 rings (SSSR count). The van der Waals surface area contributed by atoms with Crippen LogP contribution in [0.25, 0.3) is 6.08 Å². The Balaban J connectivity index is 1.79. The summed E-state index contributed by atoms with van der Waals surface area (Å²) in [5.41, 5.74) is 1.26. The lowest BCUT2D eigenvalue weighted by molar-refractivity contribution is -0.143. The molecule has 1 aliphatic rings. The van der Waals surface area contributed by atoms with Gasteiger partial charge in [-0.15, -0.1) is 0 Å². The summed E-state index contributed by atoms with van der Waals surface area (Å²) in [5, 5.41) is 0. The average Bonchev–Trinajstić information content (AvgIpc) is 3.00. The third kappa shape index (κ3) is 7.25. The van der Waals surface area contributed by atoms with Gasteiger partial charge in [0.2, 0.25) is 0 Å². The third-order valence-corrected chi connectivity index (χ3v) is 5.90. The van der Waals surface area contributed by atoms with E-state index in [1.807, 2.05) is 0 Å². The molecule has 1 saturated heterocycles. The molecular weight excluding hydrogens is 422 g/mol. The molecule has 1 aromatic carbocycles. The van der Waals surface area contributed by atoms with Crippen LogP contribution >= 0.6 is 24.0 Å². The molecule has 0 radical (unpaired) electrons. The van der Waals surface area contributed by atoms with Gasteiger partial charge in [0.1, 0.15) is 4.32 Å². The number of hydrogen-bond acceptors (Lipinski definition) is 7. The predicted octanol–water partition coefficient (Wildman–Crippen LogP) is 4.58. The van der Waals surface area contributed by atoms with E-state index in [1.54, 1.807) is 35.2 Å². The van der Waals surface area contributed by atoms with E-state index in [4.69, 9.17) is 17.0 Å². The largest absolute Gasteiger partial charge is 0.466 e. The molecule has 0 saturated carbocycles. The molecule has 8 heteroatoms. The molecular formula is C22H27NO5S2. The van der Waals surface area contributed by atoms with E-state index in [0.29, 0.717) is 34.4 Å². The molecule has 1 aliphatic heterocycles. The zero-order valence-electron chi connectivity index (χ0n) is 17.3. The normalized spacial score (nSPS) is 15.0. The number of methoxy groups -OCH3 is 1. The highest BCUT2D eigenvalue weighted by molar-refractivity contribution is 8.26. The first-order chi connectivity index (χ1) is 14.5. The predicted molar refractivity (Wildman–Crippen MR) is 122 cm³/mol.